The van der Waals surface area contributed by atoms with E-state index in [9.17, 15) is 19.2 Å². The summed E-state index contributed by atoms with van der Waals surface area (Å²) in [5.74, 6) is -0.616. The Morgan fingerprint density at radius 2 is 0.840 bits per heavy atom. The van der Waals surface area contributed by atoms with Crippen molar-refractivity contribution < 1.29 is 47.6 Å². The molecule has 0 aliphatic heterocycles. The zero-order valence-corrected chi connectivity index (χ0v) is 29.5. The van der Waals surface area contributed by atoms with Gasteiger partial charge in [0.15, 0.2) is 0 Å². The summed E-state index contributed by atoms with van der Waals surface area (Å²) in [4.78, 5) is 48.8. The van der Waals surface area contributed by atoms with Crippen LogP contribution >= 0.6 is 0 Å². The zero-order chi connectivity index (χ0) is 36.8. The summed E-state index contributed by atoms with van der Waals surface area (Å²) in [5, 5.41) is 0. The van der Waals surface area contributed by atoms with Gasteiger partial charge in [-0.3, -0.25) is 0 Å². The van der Waals surface area contributed by atoms with E-state index in [4.69, 9.17) is 28.4 Å². The molecule has 0 spiro atoms. The smallest absolute Gasteiger partial charge is 0.343 e. The van der Waals surface area contributed by atoms with Crippen LogP contribution < -0.4 is 18.9 Å². The Hall–Kier alpha value is -5.38. The molecule has 266 valence electrons. The van der Waals surface area contributed by atoms with E-state index < -0.39 is 23.9 Å². The Balaban J connectivity index is 1.51. The molecule has 10 heteroatoms. The molecule has 0 N–H and O–H groups in total. The lowest BCUT2D eigenvalue weighted by Crippen LogP contribution is -2.34. The fourth-order valence-corrected chi connectivity index (χ4v) is 5.01. The van der Waals surface area contributed by atoms with Gasteiger partial charge in [-0.25, -0.2) is 19.2 Å². The summed E-state index contributed by atoms with van der Waals surface area (Å²) >= 11 is 0. The molecule has 3 rings (SSSR count). The monoisotopic (exact) mass is 686 g/mol. The van der Waals surface area contributed by atoms with Crippen LogP contribution in [-0.2, 0) is 19.1 Å². The van der Waals surface area contributed by atoms with Crippen molar-refractivity contribution in [3.63, 3.8) is 0 Å². The predicted molar refractivity (Wildman–Crippen MR) is 188 cm³/mol. The van der Waals surface area contributed by atoms with Crippen molar-refractivity contribution in [3.8, 4) is 23.0 Å². The Labute approximate surface area is 294 Å². The highest BCUT2D eigenvalue weighted by Crippen LogP contribution is 2.25. The molecule has 3 aromatic carbocycles. The number of ether oxygens (including phenoxy) is 6. The molecule has 6 unspecified atom stereocenters. The summed E-state index contributed by atoms with van der Waals surface area (Å²) in [5.41, 5.74) is 0.634. The second-order valence-electron chi connectivity index (χ2n) is 11.8. The summed E-state index contributed by atoms with van der Waals surface area (Å²) in [6.45, 7) is 18.4. The van der Waals surface area contributed by atoms with Gasteiger partial charge in [0.1, 0.15) is 47.4 Å². The molecule has 3 aromatic rings. The Bertz CT molecular complexity index is 1470. The van der Waals surface area contributed by atoms with Crippen LogP contribution in [0.4, 0.5) is 0 Å². The van der Waals surface area contributed by atoms with Crippen LogP contribution in [0.2, 0.25) is 0 Å². The van der Waals surface area contributed by atoms with Crippen molar-refractivity contribution >= 4 is 23.9 Å². The minimum atomic E-state index is -0.570. The molecule has 6 atom stereocenters. The molecule has 0 radical (unpaired) electrons. The minimum Gasteiger partial charge on any atom is -0.490 e. The van der Waals surface area contributed by atoms with Crippen LogP contribution in [0.15, 0.2) is 98.1 Å². The Morgan fingerprint density at radius 1 is 0.540 bits per heavy atom. The maximum Gasteiger partial charge on any atom is 0.343 e. The molecule has 0 heterocycles. The third-order valence-corrected chi connectivity index (χ3v) is 8.40. The first-order chi connectivity index (χ1) is 23.9. The van der Waals surface area contributed by atoms with Gasteiger partial charge in [0, 0.05) is 24.0 Å². The van der Waals surface area contributed by atoms with Crippen LogP contribution in [0, 0.1) is 11.8 Å². The average molecular weight is 687 g/mol. The largest absolute Gasteiger partial charge is 0.490 e. The van der Waals surface area contributed by atoms with Crippen molar-refractivity contribution in [1.82, 2.24) is 0 Å². The molecule has 0 aromatic heterocycles. The van der Waals surface area contributed by atoms with Gasteiger partial charge in [-0.2, -0.15) is 0 Å². The first-order valence-corrected chi connectivity index (χ1v) is 16.6. The van der Waals surface area contributed by atoms with E-state index in [2.05, 4.69) is 13.2 Å². The van der Waals surface area contributed by atoms with Gasteiger partial charge in [0.25, 0.3) is 0 Å². The molecule has 0 aliphatic carbocycles. The third kappa shape index (κ3) is 11.4. The Kier molecular flexibility index (Phi) is 14.8. The molecular weight excluding hydrogens is 640 g/mol. The first kappa shape index (κ1) is 39.1. The quantitative estimate of drug-likeness (QED) is 0.0740. The molecule has 0 aliphatic rings. The summed E-state index contributed by atoms with van der Waals surface area (Å²) in [7, 11) is 0. The van der Waals surface area contributed by atoms with Crippen LogP contribution in [0.3, 0.4) is 0 Å². The summed E-state index contributed by atoms with van der Waals surface area (Å²) in [6.07, 6.45) is 2.36. The average Bonchev–Trinajstić information content (AvgIpc) is 3.13. The van der Waals surface area contributed by atoms with E-state index in [0.29, 0.717) is 35.5 Å². The number of carbonyl (C=O) groups excluding carboxylic acids is 4. The molecular formula is C40H46O10. The predicted octanol–water partition coefficient (Wildman–Crippen LogP) is 7.95. The van der Waals surface area contributed by atoms with Gasteiger partial charge in [-0.1, -0.05) is 40.9 Å². The van der Waals surface area contributed by atoms with Crippen LogP contribution in [0.1, 0.15) is 75.1 Å². The van der Waals surface area contributed by atoms with E-state index in [1.165, 1.54) is 24.3 Å². The normalized spacial score (nSPS) is 14.4. The summed E-state index contributed by atoms with van der Waals surface area (Å²) < 4.78 is 33.9. The zero-order valence-electron chi connectivity index (χ0n) is 29.5. The molecule has 0 amide bonds. The van der Waals surface area contributed by atoms with E-state index >= 15 is 0 Å². The van der Waals surface area contributed by atoms with Crippen molar-refractivity contribution in [2.75, 3.05) is 0 Å². The second-order valence-corrected chi connectivity index (χ2v) is 11.8. The number of carbonyl (C=O) groups is 4. The standard InChI is InChI=1S/C40H46O10/c1-9-35(49-37(41)11-3)25(5)27(7)45-31-17-13-29(14-18-31)39(43)47-33-21-23-34(24-22-33)48-40(44)30-15-19-32(20-16-30)46-28(8)26(6)36(10-2)50-38(42)12-4/h11-28,35-36H,3-4,9-10H2,1-2,5-8H3. The lowest BCUT2D eigenvalue weighted by molar-refractivity contribution is -0.148. The highest BCUT2D eigenvalue weighted by Gasteiger charge is 2.27. The highest BCUT2D eigenvalue weighted by atomic mass is 16.6. The van der Waals surface area contributed by atoms with Gasteiger partial charge in [-0.05, 0) is 99.5 Å². The van der Waals surface area contributed by atoms with E-state index in [-0.39, 0.29) is 47.8 Å². The van der Waals surface area contributed by atoms with Gasteiger partial charge in [-0.15, -0.1) is 0 Å². The van der Waals surface area contributed by atoms with Gasteiger partial charge in [0.05, 0.1) is 11.1 Å². The van der Waals surface area contributed by atoms with E-state index in [0.717, 1.165) is 12.2 Å². The SMILES string of the molecule is C=CC(=O)OC(CC)C(C)C(C)Oc1ccc(C(=O)Oc2ccc(OC(=O)c3ccc(OC(C)C(C)C(CC)OC(=O)C=C)cc3)cc2)cc1. The highest BCUT2D eigenvalue weighted by molar-refractivity contribution is 5.92. The number of hydrogen-bond acceptors (Lipinski definition) is 10. The van der Waals surface area contributed by atoms with Crippen molar-refractivity contribution in [1.29, 1.82) is 0 Å². The second kappa shape index (κ2) is 19.0. The molecule has 0 bridgehead atoms. The third-order valence-electron chi connectivity index (χ3n) is 8.40. The molecule has 50 heavy (non-hydrogen) atoms. The molecule has 0 saturated heterocycles. The topological polar surface area (TPSA) is 124 Å². The fourth-order valence-electron chi connectivity index (χ4n) is 5.01. The summed E-state index contributed by atoms with van der Waals surface area (Å²) in [6, 6.07) is 19.2. The van der Waals surface area contributed by atoms with Gasteiger partial charge < -0.3 is 28.4 Å². The minimum absolute atomic E-state index is 0.0860. The first-order valence-electron chi connectivity index (χ1n) is 16.6. The number of rotatable bonds is 18. The molecule has 0 saturated carbocycles. The number of hydrogen-bond donors (Lipinski definition) is 0. The number of esters is 4. The van der Waals surface area contributed by atoms with Gasteiger partial charge in [0.2, 0.25) is 0 Å². The Morgan fingerprint density at radius 3 is 1.12 bits per heavy atom. The lowest BCUT2D eigenvalue weighted by Gasteiger charge is -2.28. The van der Waals surface area contributed by atoms with Crippen molar-refractivity contribution in [2.24, 2.45) is 11.8 Å². The maximum absolute atomic E-state index is 12.8. The van der Waals surface area contributed by atoms with Crippen LogP contribution in [0.25, 0.3) is 0 Å². The van der Waals surface area contributed by atoms with Gasteiger partial charge >= 0.3 is 23.9 Å². The number of benzene rings is 3. The maximum atomic E-state index is 12.8. The van der Waals surface area contributed by atoms with E-state index in [1.54, 1.807) is 48.5 Å². The molecule has 10 nitrogen and oxygen atoms in total. The fraction of sp³-hybridized carbons (Fsp3) is 0.350. The van der Waals surface area contributed by atoms with Crippen LogP contribution in [0.5, 0.6) is 23.0 Å². The van der Waals surface area contributed by atoms with Crippen molar-refractivity contribution in [2.45, 2.75) is 78.8 Å². The van der Waals surface area contributed by atoms with Crippen molar-refractivity contribution in [3.05, 3.63) is 109 Å². The lowest BCUT2D eigenvalue weighted by atomic mass is 9.97. The van der Waals surface area contributed by atoms with E-state index in [1.807, 2.05) is 41.5 Å². The van der Waals surface area contributed by atoms with Crippen LogP contribution in [-0.4, -0.2) is 48.3 Å². The molecule has 0 fully saturated rings.